The van der Waals surface area contributed by atoms with Gasteiger partial charge in [-0.3, -0.25) is 4.90 Å². The van der Waals surface area contributed by atoms with Crippen LogP contribution < -0.4 is 10.2 Å². The SMILES string of the molecule is C=CCN(C)CCCCCc1ccc2c(c1)CCN2C(=O)NCc1ccc(Cl)cc1. The van der Waals surface area contributed by atoms with Crippen molar-refractivity contribution in [1.82, 2.24) is 10.2 Å². The van der Waals surface area contributed by atoms with Crippen LogP contribution in [-0.4, -0.2) is 37.6 Å². The monoisotopic (exact) mass is 425 g/mol. The van der Waals surface area contributed by atoms with E-state index < -0.39 is 0 Å². The molecule has 0 aliphatic carbocycles. The van der Waals surface area contributed by atoms with Crippen molar-refractivity contribution in [1.29, 1.82) is 0 Å². The third kappa shape index (κ3) is 6.35. The van der Waals surface area contributed by atoms with Crippen molar-refractivity contribution >= 4 is 23.3 Å². The lowest BCUT2D eigenvalue weighted by atomic mass is 10.0. The average Bonchev–Trinajstić information content (AvgIpc) is 3.16. The highest BCUT2D eigenvalue weighted by molar-refractivity contribution is 6.30. The zero-order chi connectivity index (χ0) is 21.3. The minimum absolute atomic E-state index is 0.0416. The van der Waals surface area contributed by atoms with Crippen LogP contribution >= 0.6 is 11.6 Å². The van der Waals surface area contributed by atoms with E-state index in [4.69, 9.17) is 11.6 Å². The summed E-state index contributed by atoms with van der Waals surface area (Å²) in [4.78, 5) is 16.8. The number of anilines is 1. The smallest absolute Gasteiger partial charge is 0.322 e. The van der Waals surface area contributed by atoms with Crippen LogP contribution in [0, 0.1) is 0 Å². The van der Waals surface area contributed by atoms with E-state index in [1.165, 1.54) is 30.4 Å². The standard InChI is InChI=1S/C25H32ClN3O/c1-3-15-28(2)16-6-4-5-7-20-10-13-24-22(18-20)14-17-29(24)25(30)27-19-21-8-11-23(26)12-9-21/h3,8-13,18H,1,4-7,14-17,19H2,2H3,(H,27,30). The number of unbranched alkanes of at least 4 members (excludes halogenated alkanes) is 2. The minimum Gasteiger partial charge on any atom is -0.334 e. The number of aryl methyl sites for hydroxylation is 1. The lowest BCUT2D eigenvalue weighted by molar-refractivity contribution is 0.246. The highest BCUT2D eigenvalue weighted by atomic mass is 35.5. The second-order valence-corrected chi connectivity index (χ2v) is 8.45. The summed E-state index contributed by atoms with van der Waals surface area (Å²) < 4.78 is 0. The molecule has 30 heavy (non-hydrogen) atoms. The molecule has 3 rings (SSSR count). The molecule has 0 spiro atoms. The summed E-state index contributed by atoms with van der Waals surface area (Å²) in [6.45, 7) is 7.09. The summed E-state index contributed by atoms with van der Waals surface area (Å²) in [5.41, 5.74) is 4.73. The van der Waals surface area contributed by atoms with Gasteiger partial charge in [0.1, 0.15) is 0 Å². The largest absolute Gasteiger partial charge is 0.334 e. The molecule has 1 heterocycles. The molecule has 2 aromatic carbocycles. The number of urea groups is 1. The number of amides is 2. The van der Waals surface area contributed by atoms with E-state index in [1.54, 1.807) is 0 Å². The Bertz CT molecular complexity index is 850. The Morgan fingerprint density at radius 3 is 2.70 bits per heavy atom. The second-order valence-electron chi connectivity index (χ2n) is 8.01. The Kier molecular flexibility index (Phi) is 8.35. The van der Waals surface area contributed by atoms with Crippen molar-refractivity contribution in [3.63, 3.8) is 0 Å². The van der Waals surface area contributed by atoms with E-state index in [-0.39, 0.29) is 6.03 Å². The van der Waals surface area contributed by atoms with Gasteiger partial charge in [-0.25, -0.2) is 4.79 Å². The van der Waals surface area contributed by atoms with Gasteiger partial charge in [-0.15, -0.1) is 6.58 Å². The highest BCUT2D eigenvalue weighted by Gasteiger charge is 2.24. The van der Waals surface area contributed by atoms with Gasteiger partial charge in [0.25, 0.3) is 0 Å². The molecule has 0 atom stereocenters. The molecule has 5 heteroatoms. The molecule has 0 aromatic heterocycles. The predicted molar refractivity (Wildman–Crippen MR) is 126 cm³/mol. The van der Waals surface area contributed by atoms with E-state index >= 15 is 0 Å². The van der Waals surface area contributed by atoms with E-state index in [0.29, 0.717) is 11.6 Å². The molecule has 0 radical (unpaired) electrons. The maximum absolute atomic E-state index is 12.7. The molecule has 2 amide bonds. The van der Waals surface area contributed by atoms with Gasteiger partial charge in [0.05, 0.1) is 0 Å². The number of rotatable bonds is 10. The normalized spacial score (nSPS) is 12.8. The Morgan fingerprint density at radius 2 is 1.93 bits per heavy atom. The van der Waals surface area contributed by atoms with Crippen molar-refractivity contribution in [3.8, 4) is 0 Å². The summed E-state index contributed by atoms with van der Waals surface area (Å²) in [5, 5.41) is 3.72. The topological polar surface area (TPSA) is 35.6 Å². The fraction of sp³-hybridized carbons (Fsp3) is 0.400. The van der Waals surface area contributed by atoms with Crippen LogP contribution in [-0.2, 0) is 19.4 Å². The molecule has 4 nitrogen and oxygen atoms in total. The van der Waals surface area contributed by atoms with Gasteiger partial charge in [-0.1, -0.05) is 48.4 Å². The second kappa shape index (κ2) is 11.2. The third-order valence-electron chi connectivity index (χ3n) is 5.59. The van der Waals surface area contributed by atoms with Gasteiger partial charge < -0.3 is 10.2 Å². The van der Waals surface area contributed by atoms with Gasteiger partial charge in [0.2, 0.25) is 0 Å². The number of benzene rings is 2. The minimum atomic E-state index is -0.0416. The summed E-state index contributed by atoms with van der Waals surface area (Å²) in [6.07, 6.45) is 7.62. The van der Waals surface area contributed by atoms with Crippen molar-refractivity contribution < 1.29 is 4.79 Å². The first kappa shape index (κ1) is 22.4. The Labute approximate surface area is 185 Å². The van der Waals surface area contributed by atoms with Crippen LogP contribution in [0.4, 0.5) is 10.5 Å². The molecular formula is C25H32ClN3O. The molecule has 0 bridgehead atoms. The lowest BCUT2D eigenvalue weighted by Crippen LogP contribution is -2.38. The molecule has 160 valence electrons. The van der Waals surface area contributed by atoms with Gasteiger partial charge >= 0.3 is 6.03 Å². The highest BCUT2D eigenvalue weighted by Crippen LogP contribution is 2.29. The number of hydrogen-bond donors (Lipinski definition) is 1. The van der Waals surface area contributed by atoms with Crippen molar-refractivity contribution in [2.75, 3.05) is 31.6 Å². The Morgan fingerprint density at radius 1 is 1.17 bits per heavy atom. The molecular weight excluding hydrogens is 394 g/mol. The molecule has 1 aliphatic rings. The van der Waals surface area contributed by atoms with Crippen LogP contribution in [0.3, 0.4) is 0 Å². The molecule has 1 N–H and O–H groups in total. The quantitative estimate of drug-likeness (QED) is 0.406. The molecule has 0 saturated heterocycles. The van der Waals surface area contributed by atoms with Gasteiger partial charge in [0.15, 0.2) is 0 Å². The molecule has 0 fully saturated rings. The number of nitrogens with one attached hydrogen (secondary N) is 1. The van der Waals surface area contributed by atoms with E-state index in [1.807, 2.05) is 35.2 Å². The number of fused-ring (bicyclic) bond motifs is 1. The van der Waals surface area contributed by atoms with Crippen LogP contribution in [0.2, 0.25) is 5.02 Å². The number of carbonyl (C=O) groups excluding carboxylic acids is 1. The van der Waals surface area contributed by atoms with Crippen LogP contribution in [0.15, 0.2) is 55.1 Å². The molecule has 2 aromatic rings. The number of carbonyl (C=O) groups is 1. The Hall–Kier alpha value is -2.30. The Balaban J connectivity index is 1.46. The van der Waals surface area contributed by atoms with Gasteiger partial charge in [-0.2, -0.15) is 0 Å². The maximum atomic E-state index is 12.7. The fourth-order valence-corrected chi connectivity index (χ4v) is 4.02. The van der Waals surface area contributed by atoms with E-state index in [9.17, 15) is 4.79 Å². The van der Waals surface area contributed by atoms with Crippen LogP contribution in [0.25, 0.3) is 0 Å². The average molecular weight is 426 g/mol. The zero-order valence-corrected chi connectivity index (χ0v) is 18.6. The first-order valence-electron chi connectivity index (χ1n) is 10.8. The van der Waals surface area contributed by atoms with Crippen molar-refractivity contribution in [3.05, 3.63) is 76.8 Å². The molecule has 0 saturated carbocycles. The third-order valence-corrected chi connectivity index (χ3v) is 5.84. The van der Waals surface area contributed by atoms with Crippen LogP contribution in [0.5, 0.6) is 0 Å². The summed E-state index contributed by atoms with van der Waals surface area (Å²) in [6, 6.07) is 14.1. The fourth-order valence-electron chi connectivity index (χ4n) is 3.90. The lowest BCUT2D eigenvalue weighted by Gasteiger charge is -2.18. The predicted octanol–water partition coefficient (Wildman–Crippen LogP) is 5.44. The number of hydrogen-bond acceptors (Lipinski definition) is 2. The van der Waals surface area contributed by atoms with Gasteiger partial charge in [-0.05, 0) is 74.2 Å². The number of halogens is 1. The van der Waals surface area contributed by atoms with Gasteiger partial charge in [0, 0.05) is 30.3 Å². The van der Waals surface area contributed by atoms with Crippen molar-refractivity contribution in [2.45, 2.75) is 38.6 Å². The summed E-state index contributed by atoms with van der Waals surface area (Å²) in [5.74, 6) is 0. The summed E-state index contributed by atoms with van der Waals surface area (Å²) in [7, 11) is 2.14. The summed E-state index contributed by atoms with van der Waals surface area (Å²) >= 11 is 5.92. The first-order chi connectivity index (χ1) is 14.6. The maximum Gasteiger partial charge on any atom is 0.322 e. The zero-order valence-electron chi connectivity index (χ0n) is 17.9. The number of likely N-dealkylation sites (N-methyl/N-ethyl adjacent to an activating group) is 1. The molecule has 0 unspecified atom stereocenters. The number of nitrogens with zero attached hydrogens (tertiary/aromatic N) is 2. The van der Waals surface area contributed by atoms with Crippen LogP contribution in [0.1, 0.15) is 36.0 Å². The van der Waals surface area contributed by atoms with E-state index in [0.717, 1.165) is 43.7 Å². The first-order valence-corrected chi connectivity index (χ1v) is 11.2. The van der Waals surface area contributed by atoms with Crippen molar-refractivity contribution in [2.24, 2.45) is 0 Å². The molecule has 1 aliphatic heterocycles. The van der Waals surface area contributed by atoms with E-state index in [2.05, 4.69) is 42.0 Å².